The molecule has 1 aliphatic rings. The Balaban J connectivity index is 1.77. The maximum atomic E-state index is 14.6. The van der Waals surface area contributed by atoms with E-state index in [4.69, 9.17) is 4.74 Å². The van der Waals surface area contributed by atoms with Crippen molar-refractivity contribution in [3.8, 4) is 0 Å². The Hall–Kier alpha value is -3.00. The molecule has 2 aromatic carbocycles. The zero-order valence-corrected chi connectivity index (χ0v) is 16.7. The summed E-state index contributed by atoms with van der Waals surface area (Å²) in [5, 5.41) is 11.7. The van der Waals surface area contributed by atoms with Crippen molar-refractivity contribution in [3.05, 3.63) is 64.7 Å². The lowest BCUT2D eigenvalue weighted by Gasteiger charge is -2.29. The summed E-state index contributed by atoms with van der Waals surface area (Å²) in [4.78, 5) is 25.9. The third kappa shape index (κ3) is 5.13. The molecule has 0 aromatic heterocycles. The molecular weight excluding hydrogens is 394 g/mol. The van der Waals surface area contributed by atoms with Crippen LogP contribution in [0.4, 0.5) is 14.5 Å². The predicted octanol–water partition coefficient (Wildman–Crippen LogP) is 2.79. The van der Waals surface area contributed by atoms with Gasteiger partial charge in [-0.3, -0.25) is 4.79 Å². The van der Waals surface area contributed by atoms with E-state index in [9.17, 15) is 23.5 Å². The number of halogens is 2. The van der Waals surface area contributed by atoms with Crippen LogP contribution in [-0.2, 0) is 22.4 Å². The number of rotatable bonds is 7. The van der Waals surface area contributed by atoms with Gasteiger partial charge in [0.05, 0.1) is 13.2 Å². The van der Waals surface area contributed by atoms with Crippen LogP contribution in [0.2, 0.25) is 0 Å². The molecule has 1 atom stereocenters. The summed E-state index contributed by atoms with van der Waals surface area (Å²) in [5.74, 6) is -4.45. The number of aryl methyl sites for hydroxylation is 1. The van der Waals surface area contributed by atoms with E-state index in [1.54, 1.807) is 17.0 Å². The molecule has 0 bridgehead atoms. The number of hydrogen-bond donors (Lipinski definition) is 2. The molecule has 8 heteroatoms. The average Bonchev–Trinajstić information content (AvgIpc) is 2.73. The topological polar surface area (TPSA) is 78.9 Å². The van der Waals surface area contributed by atoms with Gasteiger partial charge in [0.2, 0.25) is 0 Å². The molecule has 1 heterocycles. The van der Waals surface area contributed by atoms with Gasteiger partial charge in [-0.2, -0.15) is 0 Å². The highest BCUT2D eigenvalue weighted by Gasteiger charge is 2.26. The first kappa shape index (κ1) is 21.7. The SMILES string of the molecule is CCc1cccc(CC(NC(=O)c2c(F)cc(N3CCOCC3)cc2F)C(=O)O)c1. The molecule has 0 spiro atoms. The first-order valence-corrected chi connectivity index (χ1v) is 9.82. The molecule has 1 aliphatic heterocycles. The van der Waals surface area contributed by atoms with Crippen LogP contribution in [0.15, 0.2) is 36.4 Å². The van der Waals surface area contributed by atoms with Gasteiger partial charge in [-0.25, -0.2) is 13.6 Å². The van der Waals surface area contributed by atoms with Crippen molar-refractivity contribution in [1.82, 2.24) is 5.32 Å². The number of amides is 1. The van der Waals surface area contributed by atoms with E-state index in [0.717, 1.165) is 24.1 Å². The summed E-state index contributed by atoms with van der Waals surface area (Å²) >= 11 is 0. The molecule has 0 radical (unpaired) electrons. The number of ether oxygens (including phenoxy) is 1. The summed E-state index contributed by atoms with van der Waals surface area (Å²) in [5.41, 5.74) is 1.26. The van der Waals surface area contributed by atoms with E-state index in [-0.39, 0.29) is 6.42 Å². The Kier molecular flexibility index (Phi) is 6.99. The highest BCUT2D eigenvalue weighted by atomic mass is 19.1. The first-order valence-electron chi connectivity index (χ1n) is 9.82. The minimum absolute atomic E-state index is 0.00398. The molecule has 3 rings (SSSR count). The third-order valence-electron chi connectivity index (χ3n) is 5.07. The Morgan fingerprint density at radius 2 is 1.77 bits per heavy atom. The molecular formula is C22H24F2N2O4. The number of nitrogens with zero attached hydrogens (tertiary/aromatic N) is 1. The van der Waals surface area contributed by atoms with Crippen LogP contribution in [0.25, 0.3) is 0 Å². The van der Waals surface area contributed by atoms with Crippen molar-refractivity contribution in [1.29, 1.82) is 0 Å². The second-order valence-corrected chi connectivity index (χ2v) is 7.13. The molecule has 1 saturated heterocycles. The van der Waals surface area contributed by atoms with Gasteiger partial charge in [0.1, 0.15) is 23.2 Å². The van der Waals surface area contributed by atoms with Crippen LogP contribution >= 0.6 is 0 Å². The highest BCUT2D eigenvalue weighted by molar-refractivity contribution is 5.97. The molecule has 1 fully saturated rings. The summed E-state index contributed by atoms with van der Waals surface area (Å²) in [6, 6.07) is 8.17. The second-order valence-electron chi connectivity index (χ2n) is 7.13. The van der Waals surface area contributed by atoms with E-state index in [2.05, 4.69) is 5.32 Å². The van der Waals surface area contributed by atoms with E-state index in [1.807, 2.05) is 19.1 Å². The predicted molar refractivity (Wildman–Crippen MR) is 108 cm³/mol. The number of morpholine rings is 1. The fourth-order valence-corrected chi connectivity index (χ4v) is 3.42. The van der Waals surface area contributed by atoms with Crippen molar-refractivity contribution >= 4 is 17.6 Å². The van der Waals surface area contributed by atoms with Crippen molar-refractivity contribution in [3.63, 3.8) is 0 Å². The lowest BCUT2D eigenvalue weighted by molar-refractivity contribution is -0.139. The van der Waals surface area contributed by atoms with Gasteiger partial charge in [0, 0.05) is 25.2 Å². The summed E-state index contributed by atoms with van der Waals surface area (Å²) in [6.45, 7) is 3.85. The molecule has 2 N–H and O–H groups in total. The Morgan fingerprint density at radius 1 is 1.13 bits per heavy atom. The molecule has 6 nitrogen and oxygen atoms in total. The van der Waals surface area contributed by atoms with E-state index >= 15 is 0 Å². The fraction of sp³-hybridized carbons (Fsp3) is 0.364. The number of hydrogen-bond acceptors (Lipinski definition) is 4. The lowest BCUT2D eigenvalue weighted by atomic mass is 10.0. The number of carbonyl (C=O) groups is 2. The second kappa shape index (κ2) is 9.67. The van der Waals surface area contributed by atoms with Gasteiger partial charge in [-0.05, 0) is 29.7 Å². The number of anilines is 1. The first-order chi connectivity index (χ1) is 14.4. The van der Waals surface area contributed by atoms with Crippen LogP contribution in [0.5, 0.6) is 0 Å². The van der Waals surface area contributed by atoms with Crippen LogP contribution in [0, 0.1) is 11.6 Å². The highest BCUT2D eigenvalue weighted by Crippen LogP contribution is 2.23. The van der Waals surface area contributed by atoms with Crippen LogP contribution in [-0.4, -0.2) is 49.3 Å². The van der Waals surface area contributed by atoms with Crippen LogP contribution in [0.3, 0.4) is 0 Å². The van der Waals surface area contributed by atoms with Gasteiger partial charge in [-0.1, -0.05) is 31.2 Å². The maximum Gasteiger partial charge on any atom is 0.326 e. The lowest BCUT2D eigenvalue weighted by Crippen LogP contribution is -2.43. The van der Waals surface area contributed by atoms with Gasteiger partial charge < -0.3 is 20.1 Å². The quantitative estimate of drug-likeness (QED) is 0.723. The standard InChI is InChI=1S/C22H24F2N2O4/c1-2-14-4-3-5-15(10-14)11-19(22(28)29)25-21(27)20-17(23)12-16(13-18(20)24)26-6-8-30-9-7-26/h3-5,10,12-13,19H,2,6-9,11H2,1H3,(H,25,27)(H,28,29). The maximum absolute atomic E-state index is 14.6. The molecule has 2 aromatic rings. The number of carboxylic acids is 1. The van der Waals surface area contributed by atoms with Gasteiger partial charge >= 0.3 is 5.97 Å². The summed E-state index contributed by atoms with van der Waals surface area (Å²) < 4.78 is 34.4. The molecule has 0 saturated carbocycles. The minimum Gasteiger partial charge on any atom is -0.480 e. The van der Waals surface area contributed by atoms with E-state index in [0.29, 0.717) is 37.6 Å². The Morgan fingerprint density at radius 3 is 2.37 bits per heavy atom. The van der Waals surface area contributed by atoms with Crippen molar-refractivity contribution < 1.29 is 28.2 Å². The average molecular weight is 418 g/mol. The molecule has 30 heavy (non-hydrogen) atoms. The van der Waals surface area contributed by atoms with Gasteiger partial charge in [0.15, 0.2) is 0 Å². The van der Waals surface area contributed by atoms with Crippen LogP contribution in [0.1, 0.15) is 28.4 Å². The number of carboxylic acid groups (broad SMARTS) is 1. The zero-order chi connectivity index (χ0) is 21.7. The zero-order valence-electron chi connectivity index (χ0n) is 16.7. The van der Waals surface area contributed by atoms with Crippen molar-refractivity contribution in [2.45, 2.75) is 25.8 Å². The van der Waals surface area contributed by atoms with Crippen LogP contribution < -0.4 is 10.2 Å². The number of benzene rings is 2. The number of aliphatic carboxylic acids is 1. The van der Waals surface area contributed by atoms with Crippen molar-refractivity contribution in [2.75, 3.05) is 31.2 Å². The fourth-order valence-electron chi connectivity index (χ4n) is 3.42. The van der Waals surface area contributed by atoms with Gasteiger partial charge in [-0.15, -0.1) is 0 Å². The normalized spacial score (nSPS) is 15.0. The molecule has 1 unspecified atom stereocenters. The minimum atomic E-state index is -1.32. The summed E-state index contributed by atoms with van der Waals surface area (Å²) in [7, 11) is 0. The smallest absolute Gasteiger partial charge is 0.326 e. The molecule has 0 aliphatic carbocycles. The molecule has 1 amide bonds. The Bertz CT molecular complexity index is 906. The monoisotopic (exact) mass is 418 g/mol. The van der Waals surface area contributed by atoms with E-state index in [1.165, 1.54) is 0 Å². The summed E-state index contributed by atoms with van der Waals surface area (Å²) in [6.07, 6.45) is 0.786. The Labute approximate surface area is 173 Å². The molecule has 160 valence electrons. The number of carbonyl (C=O) groups excluding carboxylic acids is 1. The van der Waals surface area contributed by atoms with Crippen molar-refractivity contribution in [2.24, 2.45) is 0 Å². The van der Waals surface area contributed by atoms with E-state index < -0.39 is 35.1 Å². The van der Waals surface area contributed by atoms with Gasteiger partial charge in [0.25, 0.3) is 5.91 Å². The number of nitrogens with one attached hydrogen (secondary N) is 1. The largest absolute Gasteiger partial charge is 0.480 e. The third-order valence-corrected chi connectivity index (χ3v) is 5.07.